The van der Waals surface area contributed by atoms with Crippen LogP contribution in [0.5, 0.6) is 5.75 Å². The van der Waals surface area contributed by atoms with E-state index >= 15 is 0 Å². The number of nitrogens with zero attached hydrogens (tertiary/aromatic N) is 2. The van der Waals surface area contributed by atoms with Crippen LogP contribution in [0.15, 0.2) is 24.3 Å². The molecule has 4 nitrogen and oxygen atoms in total. The maximum absolute atomic E-state index is 5.84. The maximum Gasteiger partial charge on any atom is 0.119 e. The largest absolute Gasteiger partial charge is 0.494 e. The minimum absolute atomic E-state index is 0.374. The summed E-state index contributed by atoms with van der Waals surface area (Å²) in [7, 11) is 5.12. The molecule has 0 aliphatic rings. The molecule has 1 aromatic carbocycles. The van der Waals surface area contributed by atoms with Gasteiger partial charge in [0.25, 0.3) is 0 Å². The van der Waals surface area contributed by atoms with Crippen LogP contribution in [0.2, 0.25) is 0 Å². The number of hydrogen-bond donors (Lipinski definition) is 1. The molecule has 0 saturated carbocycles. The average Bonchev–Trinajstić information content (AvgIpc) is 2.67. The first-order chi connectivity index (χ1) is 13.0. The van der Waals surface area contributed by atoms with Gasteiger partial charge < -0.3 is 19.9 Å². The maximum atomic E-state index is 5.84. The molecule has 27 heavy (non-hydrogen) atoms. The van der Waals surface area contributed by atoms with Gasteiger partial charge in [0, 0.05) is 18.4 Å². The van der Waals surface area contributed by atoms with Gasteiger partial charge in [-0.05, 0) is 84.3 Å². The Labute approximate surface area is 169 Å². The van der Waals surface area contributed by atoms with Gasteiger partial charge in [-0.3, -0.25) is 0 Å². The van der Waals surface area contributed by atoms with Gasteiger partial charge in [0.2, 0.25) is 0 Å². The Hall–Kier alpha value is -0.670. The zero-order valence-corrected chi connectivity index (χ0v) is 19.4. The standard InChI is InChI=1S/C22H42N3OP/c1-7-25(8-2)17-9-11-22(27-6)23-19(3)20-12-14-21(15-13-20)26-18-10-16-24(4)5/h12-15,19,22-23,27H,7-11,16-18H2,1-6H3. The fourth-order valence-corrected chi connectivity index (χ4v) is 4.10. The lowest BCUT2D eigenvalue weighted by atomic mass is 10.1. The van der Waals surface area contributed by atoms with Crippen molar-refractivity contribution < 1.29 is 4.74 Å². The van der Waals surface area contributed by atoms with E-state index in [2.05, 4.69) is 80.9 Å². The topological polar surface area (TPSA) is 27.7 Å². The lowest BCUT2D eigenvalue weighted by Crippen LogP contribution is -2.30. The third kappa shape index (κ3) is 10.4. The molecule has 1 rings (SSSR count). The molecule has 0 aliphatic heterocycles. The Morgan fingerprint density at radius 3 is 2.26 bits per heavy atom. The van der Waals surface area contributed by atoms with E-state index in [0.29, 0.717) is 11.8 Å². The van der Waals surface area contributed by atoms with E-state index in [1.165, 1.54) is 24.9 Å². The van der Waals surface area contributed by atoms with Crippen LogP contribution in [0.4, 0.5) is 0 Å². The van der Waals surface area contributed by atoms with E-state index in [9.17, 15) is 0 Å². The molecule has 0 aliphatic carbocycles. The van der Waals surface area contributed by atoms with Crippen molar-refractivity contribution in [1.82, 2.24) is 15.1 Å². The van der Waals surface area contributed by atoms with Gasteiger partial charge >= 0.3 is 0 Å². The molecule has 0 saturated heterocycles. The monoisotopic (exact) mass is 395 g/mol. The summed E-state index contributed by atoms with van der Waals surface area (Å²) >= 11 is 0. The van der Waals surface area contributed by atoms with Gasteiger partial charge in [-0.15, -0.1) is 8.58 Å². The third-order valence-electron chi connectivity index (χ3n) is 5.06. The lowest BCUT2D eigenvalue weighted by Gasteiger charge is -2.24. The van der Waals surface area contributed by atoms with E-state index < -0.39 is 0 Å². The van der Waals surface area contributed by atoms with E-state index in [-0.39, 0.29) is 0 Å². The summed E-state index contributed by atoms with van der Waals surface area (Å²) in [6.45, 7) is 14.4. The van der Waals surface area contributed by atoms with Crippen molar-refractivity contribution >= 4 is 8.58 Å². The van der Waals surface area contributed by atoms with Crippen LogP contribution < -0.4 is 10.1 Å². The normalized spacial score (nSPS) is 14.4. The SMILES string of the molecule is CCN(CC)CCCC(NC(C)c1ccc(OCCCN(C)C)cc1)PC. The fraction of sp³-hybridized carbons (Fsp3) is 0.727. The van der Waals surface area contributed by atoms with Crippen molar-refractivity contribution in [2.45, 2.75) is 51.9 Å². The number of hydrogen-bond acceptors (Lipinski definition) is 4. The molecule has 0 bridgehead atoms. The van der Waals surface area contributed by atoms with Crippen LogP contribution in [-0.4, -0.2) is 69.1 Å². The zero-order chi connectivity index (χ0) is 20.1. The quantitative estimate of drug-likeness (QED) is 0.351. The van der Waals surface area contributed by atoms with Crippen LogP contribution in [0.25, 0.3) is 0 Å². The highest BCUT2D eigenvalue weighted by Gasteiger charge is 2.12. The minimum Gasteiger partial charge on any atom is -0.494 e. The van der Waals surface area contributed by atoms with E-state index in [4.69, 9.17) is 4.74 Å². The zero-order valence-electron chi connectivity index (χ0n) is 18.4. The summed E-state index contributed by atoms with van der Waals surface area (Å²) in [5.41, 5.74) is 1.34. The first-order valence-electron chi connectivity index (χ1n) is 10.5. The fourth-order valence-electron chi connectivity index (χ4n) is 3.19. The average molecular weight is 396 g/mol. The van der Waals surface area contributed by atoms with E-state index in [0.717, 1.165) is 47.0 Å². The molecule has 156 valence electrons. The first kappa shape index (κ1) is 24.4. The third-order valence-corrected chi connectivity index (χ3v) is 6.21. The lowest BCUT2D eigenvalue weighted by molar-refractivity contribution is 0.281. The number of benzene rings is 1. The Balaban J connectivity index is 2.39. The number of nitrogens with one attached hydrogen (secondary N) is 1. The van der Waals surface area contributed by atoms with Crippen molar-refractivity contribution in [1.29, 1.82) is 0 Å². The molecule has 3 unspecified atom stereocenters. The molecule has 1 aromatic rings. The van der Waals surface area contributed by atoms with Crippen molar-refractivity contribution in [3.05, 3.63) is 29.8 Å². The Kier molecular flexibility index (Phi) is 12.9. The predicted molar refractivity (Wildman–Crippen MR) is 122 cm³/mol. The van der Waals surface area contributed by atoms with Crippen LogP contribution in [0.3, 0.4) is 0 Å². The summed E-state index contributed by atoms with van der Waals surface area (Å²) in [5.74, 6) is 1.58. The van der Waals surface area contributed by atoms with Gasteiger partial charge in [-0.2, -0.15) is 0 Å². The van der Waals surface area contributed by atoms with Crippen LogP contribution in [0.1, 0.15) is 51.6 Å². The minimum atomic E-state index is 0.374. The van der Waals surface area contributed by atoms with E-state index in [1.54, 1.807) is 0 Å². The van der Waals surface area contributed by atoms with Gasteiger partial charge in [0.05, 0.1) is 6.61 Å². The van der Waals surface area contributed by atoms with Crippen molar-refractivity contribution in [2.75, 3.05) is 53.5 Å². The molecule has 0 spiro atoms. The molecular weight excluding hydrogens is 353 g/mol. The summed E-state index contributed by atoms with van der Waals surface area (Å²) in [5, 5.41) is 3.82. The van der Waals surface area contributed by atoms with Gasteiger partial charge in [0.15, 0.2) is 0 Å². The number of ether oxygens (including phenoxy) is 1. The summed E-state index contributed by atoms with van der Waals surface area (Å²) in [4.78, 5) is 4.70. The van der Waals surface area contributed by atoms with Crippen molar-refractivity contribution in [3.8, 4) is 5.75 Å². The highest BCUT2D eigenvalue weighted by molar-refractivity contribution is 7.37. The molecule has 0 heterocycles. The van der Waals surface area contributed by atoms with Gasteiger partial charge in [-0.1, -0.05) is 26.0 Å². The molecule has 0 amide bonds. The van der Waals surface area contributed by atoms with Gasteiger partial charge in [0.1, 0.15) is 5.75 Å². The van der Waals surface area contributed by atoms with Crippen LogP contribution in [0, 0.1) is 0 Å². The second-order valence-electron chi connectivity index (χ2n) is 7.47. The van der Waals surface area contributed by atoms with Crippen molar-refractivity contribution in [2.24, 2.45) is 0 Å². The molecule has 5 heteroatoms. The summed E-state index contributed by atoms with van der Waals surface area (Å²) < 4.78 is 5.84. The van der Waals surface area contributed by atoms with Gasteiger partial charge in [-0.25, -0.2) is 0 Å². The molecule has 1 N–H and O–H groups in total. The molecule has 0 aromatic heterocycles. The first-order valence-corrected chi connectivity index (χ1v) is 12.1. The molecule has 3 atom stereocenters. The second-order valence-corrected chi connectivity index (χ2v) is 8.75. The molecule has 0 fully saturated rings. The van der Waals surface area contributed by atoms with E-state index in [1.807, 2.05) is 0 Å². The Morgan fingerprint density at radius 2 is 1.70 bits per heavy atom. The predicted octanol–water partition coefficient (Wildman–Crippen LogP) is 4.42. The number of rotatable bonds is 15. The highest BCUT2D eigenvalue weighted by Crippen LogP contribution is 2.23. The second kappa shape index (κ2) is 14.3. The van der Waals surface area contributed by atoms with Crippen molar-refractivity contribution in [3.63, 3.8) is 0 Å². The Morgan fingerprint density at radius 1 is 1.04 bits per heavy atom. The smallest absolute Gasteiger partial charge is 0.119 e. The summed E-state index contributed by atoms with van der Waals surface area (Å²) in [6.07, 6.45) is 3.58. The summed E-state index contributed by atoms with van der Waals surface area (Å²) in [6, 6.07) is 8.98. The molecule has 0 radical (unpaired) electrons. The highest BCUT2D eigenvalue weighted by atomic mass is 31.1. The van der Waals surface area contributed by atoms with Crippen LogP contribution in [-0.2, 0) is 0 Å². The molecular formula is C22H42N3OP. The Bertz CT molecular complexity index is 477. The van der Waals surface area contributed by atoms with Crippen LogP contribution >= 0.6 is 8.58 Å².